The Morgan fingerprint density at radius 1 is 0.750 bits per heavy atom. The van der Waals surface area contributed by atoms with Crippen molar-refractivity contribution in [3.05, 3.63) is 164 Å². The van der Waals surface area contributed by atoms with Gasteiger partial charge in [-0.2, -0.15) is 0 Å². The molecule has 5 aromatic rings. The SMILES string of the molecule is C=CB(c1ccccc1)c1ccccc1.CCCCC=C[Si](Cn1ccnc1)(c1ccccc1)c1ccccc1. The number of allylic oxidation sites excluding steroid dienone is 1. The summed E-state index contributed by atoms with van der Waals surface area (Å²) in [6, 6.07) is 42.9. The van der Waals surface area contributed by atoms with Crippen LogP contribution in [0.5, 0.6) is 0 Å². The van der Waals surface area contributed by atoms with E-state index in [2.05, 4.69) is 150 Å². The molecule has 0 unspecified atom stereocenters. The molecule has 5 rings (SSSR count). The predicted molar refractivity (Wildman–Crippen MR) is 177 cm³/mol. The van der Waals surface area contributed by atoms with E-state index in [4.69, 9.17) is 0 Å². The Morgan fingerprint density at radius 2 is 1.25 bits per heavy atom. The molecule has 2 nitrogen and oxygen atoms in total. The lowest BCUT2D eigenvalue weighted by Crippen LogP contribution is -2.60. The molecular weight excluding hydrogens is 499 g/mol. The fourth-order valence-corrected chi connectivity index (χ4v) is 9.22. The minimum Gasteiger partial charge on any atom is -0.339 e. The molecule has 200 valence electrons. The number of unbranched alkanes of at least 4 members (excludes halogenated alkanes) is 2. The highest BCUT2D eigenvalue weighted by molar-refractivity contribution is 7.05. The van der Waals surface area contributed by atoms with Gasteiger partial charge in [0.1, 0.15) is 0 Å². The highest BCUT2D eigenvalue weighted by atomic mass is 28.3. The number of hydrogen-bond donors (Lipinski definition) is 0. The zero-order valence-corrected chi connectivity index (χ0v) is 24.5. The maximum Gasteiger partial charge on any atom is 0.233 e. The lowest BCUT2D eigenvalue weighted by Gasteiger charge is -2.30. The number of imidazole rings is 1. The topological polar surface area (TPSA) is 17.8 Å². The summed E-state index contributed by atoms with van der Waals surface area (Å²) in [6.45, 7) is 6.46. The van der Waals surface area contributed by atoms with Gasteiger partial charge in [-0.25, -0.2) is 4.98 Å². The van der Waals surface area contributed by atoms with E-state index in [-0.39, 0.29) is 0 Å². The Kier molecular flexibility index (Phi) is 11.1. The second kappa shape index (κ2) is 15.4. The first-order chi connectivity index (χ1) is 19.8. The van der Waals surface area contributed by atoms with Crippen LogP contribution in [0.1, 0.15) is 26.2 Å². The van der Waals surface area contributed by atoms with Gasteiger partial charge < -0.3 is 4.57 Å². The van der Waals surface area contributed by atoms with Crippen LogP contribution in [0.4, 0.5) is 0 Å². The third kappa shape index (κ3) is 7.71. The van der Waals surface area contributed by atoms with E-state index in [0.29, 0.717) is 6.71 Å². The van der Waals surface area contributed by atoms with Crippen LogP contribution in [0, 0.1) is 0 Å². The second-order valence-corrected chi connectivity index (χ2v) is 13.8. The van der Waals surface area contributed by atoms with Crippen molar-refractivity contribution in [2.75, 3.05) is 0 Å². The predicted octanol–water partition coefficient (Wildman–Crippen LogP) is 5.99. The molecule has 4 aromatic carbocycles. The van der Waals surface area contributed by atoms with Crippen molar-refractivity contribution < 1.29 is 0 Å². The molecular formula is C36H39BN2Si. The quantitative estimate of drug-likeness (QED) is 0.149. The van der Waals surface area contributed by atoms with Crippen molar-refractivity contribution >= 4 is 36.1 Å². The van der Waals surface area contributed by atoms with Crippen molar-refractivity contribution in [3.8, 4) is 0 Å². The first kappa shape index (κ1) is 28.8. The molecule has 1 heterocycles. The van der Waals surface area contributed by atoms with Gasteiger partial charge in [0.05, 0.1) is 6.33 Å². The number of rotatable bonds is 11. The maximum absolute atomic E-state index is 4.26. The largest absolute Gasteiger partial charge is 0.339 e. The molecule has 0 aliphatic carbocycles. The minimum absolute atomic E-state index is 0.299. The van der Waals surface area contributed by atoms with Crippen molar-refractivity contribution in [2.24, 2.45) is 0 Å². The number of aromatic nitrogens is 2. The summed E-state index contributed by atoms with van der Waals surface area (Å²) >= 11 is 0. The zero-order chi connectivity index (χ0) is 27.9. The van der Waals surface area contributed by atoms with E-state index in [0.717, 1.165) is 12.6 Å². The summed E-state index contributed by atoms with van der Waals surface area (Å²) in [5.41, 5.74) is 5.12. The third-order valence-corrected chi connectivity index (χ3v) is 11.6. The van der Waals surface area contributed by atoms with Gasteiger partial charge in [0.15, 0.2) is 8.07 Å². The summed E-state index contributed by atoms with van der Waals surface area (Å²) < 4.78 is 2.23. The number of benzene rings is 4. The van der Waals surface area contributed by atoms with E-state index in [1.807, 2.05) is 30.6 Å². The summed E-state index contributed by atoms with van der Waals surface area (Å²) in [5.74, 6) is 1.99. The smallest absolute Gasteiger partial charge is 0.233 e. The zero-order valence-electron chi connectivity index (χ0n) is 23.5. The molecule has 0 saturated heterocycles. The van der Waals surface area contributed by atoms with Crippen LogP contribution in [0.3, 0.4) is 0 Å². The van der Waals surface area contributed by atoms with Crippen molar-refractivity contribution in [3.63, 3.8) is 0 Å². The summed E-state index contributed by atoms with van der Waals surface area (Å²) in [4.78, 5) is 4.26. The molecule has 0 bridgehead atoms. The fraction of sp³-hybridized carbons (Fsp3) is 0.139. The molecule has 0 radical (unpaired) electrons. The van der Waals surface area contributed by atoms with Crippen LogP contribution in [0.2, 0.25) is 0 Å². The Balaban J connectivity index is 0.000000210. The molecule has 0 spiro atoms. The van der Waals surface area contributed by atoms with Crippen LogP contribution in [-0.2, 0) is 6.17 Å². The average Bonchev–Trinajstić information content (AvgIpc) is 3.54. The van der Waals surface area contributed by atoms with Crippen LogP contribution in [-0.4, -0.2) is 24.3 Å². The van der Waals surface area contributed by atoms with Gasteiger partial charge >= 0.3 is 0 Å². The Bertz CT molecular complexity index is 1320. The van der Waals surface area contributed by atoms with Crippen molar-refractivity contribution in [1.82, 2.24) is 9.55 Å². The van der Waals surface area contributed by atoms with Crippen LogP contribution >= 0.6 is 0 Å². The molecule has 0 fully saturated rings. The van der Waals surface area contributed by atoms with Gasteiger partial charge in [0.25, 0.3) is 0 Å². The standard InChI is InChI=1S/C22H26N2Si.C14H13B/c1-2-3-4-11-18-25(20-24-17-16-23-19-24,21-12-7-5-8-13-21)22-14-9-6-10-15-22;1-2-15(13-9-5-3-6-10-13)14-11-7-4-8-12-14/h5-19H,2-4,20H2,1H3;2-12H,1H2. The molecule has 0 aliphatic heterocycles. The van der Waals surface area contributed by atoms with Crippen LogP contribution < -0.4 is 21.3 Å². The monoisotopic (exact) mass is 538 g/mol. The Morgan fingerprint density at radius 3 is 1.68 bits per heavy atom. The lowest BCUT2D eigenvalue weighted by molar-refractivity contribution is 0.814. The minimum atomic E-state index is -2.06. The third-order valence-electron chi connectivity index (χ3n) is 7.25. The number of hydrogen-bond acceptors (Lipinski definition) is 1. The Hall–Kier alpha value is -4.15. The molecule has 0 saturated carbocycles. The summed E-state index contributed by atoms with van der Waals surface area (Å²) in [6.07, 6.45) is 12.9. The highest BCUT2D eigenvalue weighted by Crippen LogP contribution is 2.13. The van der Waals surface area contributed by atoms with Gasteiger partial charge in [0, 0.05) is 18.6 Å². The van der Waals surface area contributed by atoms with E-state index in [1.54, 1.807) is 0 Å². The molecule has 0 atom stereocenters. The Labute approximate surface area is 241 Å². The second-order valence-electron chi connectivity index (χ2n) is 10.0. The molecule has 4 heteroatoms. The van der Waals surface area contributed by atoms with Gasteiger partial charge in [-0.1, -0.05) is 164 Å². The van der Waals surface area contributed by atoms with Crippen LogP contribution in [0.25, 0.3) is 0 Å². The van der Waals surface area contributed by atoms with Crippen molar-refractivity contribution in [2.45, 2.75) is 32.4 Å². The average molecular weight is 539 g/mol. The molecule has 40 heavy (non-hydrogen) atoms. The van der Waals surface area contributed by atoms with Gasteiger partial charge in [-0.15, -0.1) is 12.6 Å². The van der Waals surface area contributed by atoms with E-state index in [1.165, 1.54) is 34.1 Å². The van der Waals surface area contributed by atoms with E-state index in [9.17, 15) is 0 Å². The fourth-order valence-electron chi connectivity index (χ4n) is 5.13. The van der Waals surface area contributed by atoms with E-state index < -0.39 is 8.07 Å². The normalized spacial score (nSPS) is 11.0. The van der Waals surface area contributed by atoms with Gasteiger partial charge in [0.2, 0.25) is 6.71 Å². The van der Waals surface area contributed by atoms with Crippen LogP contribution in [0.15, 0.2) is 164 Å². The van der Waals surface area contributed by atoms with Gasteiger partial charge in [-0.3, -0.25) is 0 Å². The maximum atomic E-state index is 4.26. The lowest BCUT2D eigenvalue weighted by atomic mass is 9.41. The molecule has 0 N–H and O–H groups in total. The first-order valence-corrected chi connectivity index (χ1v) is 16.5. The van der Waals surface area contributed by atoms with Crippen molar-refractivity contribution in [1.29, 1.82) is 0 Å². The summed E-state index contributed by atoms with van der Waals surface area (Å²) in [5, 5.41) is 2.89. The highest BCUT2D eigenvalue weighted by Gasteiger charge is 2.35. The molecule has 1 aromatic heterocycles. The molecule has 0 amide bonds. The first-order valence-electron chi connectivity index (χ1n) is 14.2. The van der Waals surface area contributed by atoms with E-state index >= 15 is 0 Å². The number of nitrogens with zero attached hydrogens (tertiary/aromatic N) is 2. The van der Waals surface area contributed by atoms with Gasteiger partial charge in [-0.05, 0) is 16.8 Å². The molecule has 0 aliphatic rings. The summed E-state index contributed by atoms with van der Waals surface area (Å²) in [7, 11) is -2.06.